The van der Waals surface area contributed by atoms with Crippen LogP contribution < -0.4 is 0 Å². The maximum Gasteiger partial charge on any atom is 0.356 e. The molecule has 0 unspecified atom stereocenters. The van der Waals surface area contributed by atoms with Crippen molar-refractivity contribution in [2.45, 2.75) is 11.7 Å². The number of ether oxygens (including phenoxy) is 1. The van der Waals surface area contributed by atoms with Gasteiger partial charge in [0.2, 0.25) is 5.09 Å². The van der Waals surface area contributed by atoms with Crippen molar-refractivity contribution >= 4 is 16.0 Å². The van der Waals surface area contributed by atoms with Gasteiger partial charge in [-0.15, -0.1) is 0 Å². The van der Waals surface area contributed by atoms with Gasteiger partial charge in [0, 0.05) is 20.3 Å². The van der Waals surface area contributed by atoms with E-state index in [1.807, 2.05) is 0 Å². The van der Waals surface area contributed by atoms with Gasteiger partial charge in [-0.05, 0) is 18.2 Å². The number of carbonyl (C=O) groups is 1. The van der Waals surface area contributed by atoms with E-state index in [-0.39, 0.29) is 23.2 Å². The second kappa shape index (κ2) is 5.47. The van der Waals surface area contributed by atoms with E-state index in [0.717, 1.165) is 4.31 Å². The third-order valence-electron chi connectivity index (χ3n) is 2.44. The van der Waals surface area contributed by atoms with Crippen LogP contribution in [0.4, 0.5) is 0 Å². The van der Waals surface area contributed by atoms with Gasteiger partial charge in [0.15, 0.2) is 0 Å². The Morgan fingerprint density at radius 3 is 2.75 bits per heavy atom. The van der Waals surface area contributed by atoms with Crippen LogP contribution in [0.5, 0.6) is 0 Å². The number of furan rings is 1. The smallest absolute Gasteiger partial charge is 0.356 e. The highest BCUT2D eigenvalue weighted by atomic mass is 32.2. The van der Waals surface area contributed by atoms with Crippen LogP contribution in [0.15, 0.2) is 33.9 Å². The largest absolute Gasteiger partial charge is 0.453 e. The second-order valence-corrected chi connectivity index (χ2v) is 6.14. The van der Waals surface area contributed by atoms with Crippen molar-refractivity contribution in [2.75, 3.05) is 14.1 Å². The molecular formula is C11H13N3O5S. The molecule has 0 bridgehead atoms. The molecule has 20 heavy (non-hydrogen) atoms. The van der Waals surface area contributed by atoms with Gasteiger partial charge in [0.1, 0.15) is 18.1 Å². The Labute approximate surface area is 115 Å². The molecular weight excluding hydrogens is 286 g/mol. The van der Waals surface area contributed by atoms with Crippen molar-refractivity contribution in [3.8, 4) is 0 Å². The van der Waals surface area contributed by atoms with Crippen LogP contribution in [0.2, 0.25) is 0 Å². The molecule has 0 amide bonds. The van der Waals surface area contributed by atoms with E-state index in [1.165, 1.54) is 38.5 Å². The maximum absolute atomic E-state index is 11.8. The maximum atomic E-state index is 11.8. The molecule has 2 heterocycles. The monoisotopic (exact) mass is 299 g/mol. The Morgan fingerprint density at radius 1 is 1.40 bits per heavy atom. The Bertz CT molecular complexity index is 687. The highest BCUT2D eigenvalue weighted by molar-refractivity contribution is 7.88. The summed E-state index contributed by atoms with van der Waals surface area (Å²) in [6.07, 6.45) is 1.42. The topological polar surface area (TPSA) is 105 Å². The summed E-state index contributed by atoms with van der Waals surface area (Å²) in [4.78, 5) is 11.5. The molecule has 0 fully saturated rings. The average Bonchev–Trinajstić information content (AvgIpc) is 3.07. The van der Waals surface area contributed by atoms with Gasteiger partial charge in [0.25, 0.3) is 10.0 Å². The zero-order chi connectivity index (χ0) is 14.8. The van der Waals surface area contributed by atoms with E-state index < -0.39 is 16.0 Å². The van der Waals surface area contributed by atoms with Crippen LogP contribution in [0.25, 0.3) is 0 Å². The number of nitrogens with zero attached hydrogens (tertiary/aromatic N) is 2. The minimum Gasteiger partial charge on any atom is -0.453 e. The van der Waals surface area contributed by atoms with Crippen molar-refractivity contribution < 1.29 is 22.4 Å². The van der Waals surface area contributed by atoms with Crippen molar-refractivity contribution in [1.29, 1.82) is 0 Å². The fourth-order valence-corrected chi connectivity index (χ4v) is 2.15. The van der Waals surface area contributed by atoms with E-state index in [2.05, 4.69) is 10.2 Å². The van der Waals surface area contributed by atoms with Crippen LogP contribution >= 0.6 is 0 Å². The Morgan fingerprint density at radius 2 is 2.15 bits per heavy atom. The van der Waals surface area contributed by atoms with Crippen LogP contribution in [-0.2, 0) is 21.4 Å². The number of aromatic amines is 1. The van der Waals surface area contributed by atoms with Crippen molar-refractivity contribution in [1.82, 2.24) is 14.5 Å². The summed E-state index contributed by atoms with van der Waals surface area (Å²) in [7, 11) is -0.831. The number of aromatic nitrogens is 2. The van der Waals surface area contributed by atoms with Gasteiger partial charge < -0.3 is 9.15 Å². The molecule has 1 N–H and O–H groups in total. The SMILES string of the molecule is CN(C)S(=O)(=O)c1ccc(COC(=O)c2ccn[nH]2)o1. The first-order valence-corrected chi connectivity index (χ1v) is 7.03. The number of hydrogen-bond donors (Lipinski definition) is 1. The van der Waals surface area contributed by atoms with E-state index in [4.69, 9.17) is 9.15 Å². The van der Waals surface area contributed by atoms with Gasteiger partial charge in [-0.1, -0.05) is 0 Å². The predicted octanol–water partition coefficient (Wildman–Crippen LogP) is 0.610. The molecule has 0 saturated heterocycles. The Kier molecular flexibility index (Phi) is 3.91. The molecule has 0 radical (unpaired) electrons. The number of carbonyl (C=O) groups excluding carboxylic acids is 1. The lowest BCUT2D eigenvalue weighted by atomic mass is 10.4. The normalized spacial score (nSPS) is 11.8. The van der Waals surface area contributed by atoms with Gasteiger partial charge in [-0.25, -0.2) is 17.5 Å². The minimum atomic E-state index is -3.63. The minimum absolute atomic E-state index is 0.166. The third kappa shape index (κ3) is 2.89. The zero-order valence-electron chi connectivity index (χ0n) is 10.9. The molecule has 108 valence electrons. The molecule has 0 spiro atoms. The molecule has 0 aliphatic heterocycles. The van der Waals surface area contributed by atoms with Crippen molar-refractivity contribution in [3.05, 3.63) is 35.9 Å². The van der Waals surface area contributed by atoms with E-state index in [1.54, 1.807) is 0 Å². The fourth-order valence-electron chi connectivity index (χ4n) is 1.34. The summed E-state index contributed by atoms with van der Waals surface area (Å²) in [5, 5.41) is 5.88. The molecule has 0 atom stereocenters. The van der Waals surface area contributed by atoms with E-state index >= 15 is 0 Å². The van der Waals surface area contributed by atoms with Gasteiger partial charge in [-0.3, -0.25) is 5.10 Å². The van der Waals surface area contributed by atoms with Crippen molar-refractivity contribution in [2.24, 2.45) is 0 Å². The summed E-state index contributed by atoms with van der Waals surface area (Å²) in [6.45, 7) is -0.166. The second-order valence-electron chi connectivity index (χ2n) is 4.05. The third-order valence-corrected chi connectivity index (χ3v) is 4.13. The molecule has 2 rings (SSSR count). The number of esters is 1. The molecule has 0 saturated carbocycles. The summed E-state index contributed by atoms with van der Waals surface area (Å²) >= 11 is 0. The van der Waals surface area contributed by atoms with Crippen LogP contribution in [0.1, 0.15) is 16.2 Å². The summed E-state index contributed by atoms with van der Waals surface area (Å²) < 4.78 is 34.7. The first kappa shape index (κ1) is 14.3. The Hall–Kier alpha value is -2.13. The standard InChI is InChI=1S/C11H13N3O5S/c1-14(2)20(16,17)10-4-3-8(19-10)7-18-11(15)9-5-6-12-13-9/h3-6H,7H2,1-2H3,(H,12,13). The lowest BCUT2D eigenvalue weighted by molar-refractivity contribution is 0.0433. The van der Waals surface area contributed by atoms with E-state index in [9.17, 15) is 13.2 Å². The Balaban J connectivity index is 2.02. The fraction of sp³-hybridized carbons (Fsp3) is 0.273. The first-order valence-electron chi connectivity index (χ1n) is 5.59. The number of sulfonamides is 1. The lowest BCUT2D eigenvalue weighted by Gasteiger charge is -2.07. The number of rotatable bonds is 5. The number of hydrogen-bond acceptors (Lipinski definition) is 6. The van der Waals surface area contributed by atoms with Crippen molar-refractivity contribution in [3.63, 3.8) is 0 Å². The van der Waals surface area contributed by atoms with Crippen LogP contribution in [0, 0.1) is 0 Å². The molecule has 8 nitrogen and oxygen atoms in total. The molecule has 0 aliphatic rings. The number of nitrogens with one attached hydrogen (secondary N) is 1. The summed E-state index contributed by atoms with van der Waals surface area (Å²) in [6, 6.07) is 4.22. The lowest BCUT2D eigenvalue weighted by Crippen LogP contribution is -2.21. The quantitative estimate of drug-likeness (QED) is 0.811. The number of H-pyrrole nitrogens is 1. The molecule has 2 aromatic heterocycles. The van der Waals surface area contributed by atoms with Gasteiger partial charge in [0.05, 0.1) is 0 Å². The molecule has 2 aromatic rings. The van der Waals surface area contributed by atoms with E-state index in [0.29, 0.717) is 0 Å². The molecule has 9 heteroatoms. The van der Waals surface area contributed by atoms with Crippen LogP contribution in [-0.4, -0.2) is 43.0 Å². The summed E-state index contributed by atoms with van der Waals surface area (Å²) in [5.41, 5.74) is 0.206. The average molecular weight is 299 g/mol. The first-order chi connectivity index (χ1) is 9.41. The zero-order valence-corrected chi connectivity index (χ0v) is 11.7. The summed E-state index contributed by atoms with van der Waals surface area (Å²) in [5.74, 6) is -0.366. The van der Waals surface area contributed by atoms with Crippen LogP contribution in [0.3, 0.4) is 0 Å². The van der Waals surface area contributed by atoms with Gasteiger partial charge >= 0.3 is 5.97 Å². The predicted molar refractivity (Wildman–Crippen MR) is 67.3 cm³/mol. The highest BCUT2D eigenvalue weighted by Crippen LogP contribution is 2.17. The molecule has 0 aliphatic carbocycles. The highest BCUT2D eigenvalue weighted by Gasteiger charge is 2.21. The van der Waals surface area contributed by atoms with Gasteiger partial charge in [-0.2, -0.15) is 5.10 Å². The molecule has 0 aromatic carbocycles.